The van der Waals surface area contributed by atoms with Gasteiger partial charge in [0.2, 0.25) is 5.76 Å². The third-order valence-corrected chi connectivity index (χ3v) is 5.37. The SMILES string of the molecule is Cc1sc2nc(COC(=O)c3cc(=O)c4ccccc4o3)[nH]c(=O)c2c1C. The van der Waals surface area contributed by atoms with Crippen LogP contribution < -0.4 is 11.0 Å². The summed E-state index contributed by atoms with van der Waals surface area (Å²) in [5.41, 5.74) is 0.589. The number of aryl methyl sites for hydroxylation is 2. The van der Waals surface area contributed by atoms with Gasteiger partial charge in [-0.05, 0) is 31.5 Å². The largest absolute Gasteiger partial charge is 0.452 e. The lowest BCUT2D eigenvalue weighted by molar-refractivity contribution is 0.0426. The van der Waals surface area contributed by atoms with Gasteiger partial charge in [0.25, 0.3) is 5.56 Å². The van der Waals surface area contributed by atoms with E-state index in [9.17, 15) is 14.4 Å². The van der Waals surface area contributed by atoms with E-state index in [1.165, 1.54) is 11.3 Å². The zero-order valence-electron chi connectivity index (χ0n) is 14.5. The number of nitrogens with one attached hydrogen (secondary N) is 1. The standard InChI is InChI=1S/C19H14N2O5S/c1-9-10(2)27-18-16(9)17(23)20-15(21-18)8-25-19(24)14-7-12(22)11-5-3-4-6-13(11)26-14/h3-7H,8H2,1-2H3,(H,20,21,23). The summed E-state index contributed by atoms with van der Waals surface area (Å²) in [6.45, 7) is 3.55. The van der Waals surface area contributed by atoms with Crippen molar-refractivity contribution in [3.05, 3.63) is 72.9 Å². The third kappa shape index (κ3) is 3.04. The van der Waals surface area contributed by atoms with Crippen LogP contribution in [0.1, 0.15) is 26.8 Å². The fraction of sp³-hybridized carbons (Fsp3) is 0.158. The quantitative estimate of drug-likeness (QED) is 0.546. The Balaban J connectivity index is 1.60. The summed E-state index contributed by atoms with van der Waals surface area (Å²) in [6, 6.07) is 7.72. The molecule has 0 aliphatic heterocycles. The van der Waals surface area contributed by atoms with E-state index in [0.717, 1.165) is 16.5 Å². The van der Waals surface area contributed by atoms with Gasteiger partial charge in [0.15, 0.2) is 5.43 Å². The van der Waals surface area contributed by atoms with Crippen LogP contribution in [0.15, 0.2) is 44.3 Å². The van der Waals surface area contributed by atoms with Crippen molar-refractivity contribution < 1.29 is 13.9 Å². The van der Waals surface area contributed by atoms with Crippen LogP contribution in [-0.4, -0.2) is 15.9 Å². The van der Waals surface area contributed by atoms with Crippen molar-refractivity contribution in [1.29, 1.82) is 0 Å². The Labute approximate surface area is 156 Å². The highest BCUT2D eigenvalue weighted by atomic mass is 32.1. The predicted octanol–water partition coefficient (Wildman–Crippen LogP) is 3.06. The van der Waals surface area contributed by atoms with E-state index >= 15 is 0 Å². The molecule has 0 radical (unpaired) electrons. The van der Waals surface area contributed by atoms with Crippen LogP contribution in [0.3, 0.4) is 0 Å². The summed E-state index contributed by atoms with van der Waals surface area (Å²) < 4.78 is 10.6. The molecule has 8 heteroatoms. The average molecular weight is 382 g/mol. The number of hydrogen-bond acceptors (Lipinski definition) is 7. The molecule has 136 valence electrons. The number of thiophene rings is 1. The molecule has 27 heavy (non-hydrogen) atoms. The fourth-order valence-corrected chi connectivity index (χ4v) is 3.83. The van der Waals surface area contributed by atoms with Crippen LogP contribution in [0.2, 0.25) is 0 Å². The van der Waals surface area contributed by atoms with E-state index in [-0.39, 0.29) is 29.2 Å². The molecule has 0 fully saturated rings. The van der Waals surface area contributed by atoms with Crippen molar-refractivity contribution in [3.63, 3.8) is 0 Å². The number of carbonyl (C=O) groups excluding carboxylic acids is 1. The molecular weight excluding hydrogens is 368 g/mol. The Kier molecular flexibility index (Phi) is 4.12. The Morgan fingerprint density at radius 3 is 2.85 bits per heavy atom. The molecule has 0 saturated carbocycles. The Morgan fingerprint density at radius 1 is 1.26 bits per heavy atom. The highest BCUT2D eigenvalue weighted by Crippen LogP contribution is 2.25. The van der Waals surface area contributed by atoms with Crippen molar-refractivity contribution in [3.8, 4) is 0 Å². The minimum Gasteiger partial charge on any atom is -0.452 e. The molecule has 0 atom stereocenters. The lowest BCUT2D eigenvalue weighted by atomic mass is 10.2. The van der Waals surface area contributed by atoms with Crippen LogP contribution in [0.4, 0.5) is 0 Å². The lowest BCUT2D eigenvalue weighted by Gasteiger charge is -2.05. The molecule has 0 bridgehead atoms. The molecule has 1 aromatic carbocycles. The first-order valence-electron chi connectivity index (χ1n) is 8.13. The molecule has 4 rings (SSSR count). The van der Waals surface area contributed by atoms with Gasteiger partial charge in [-0.15, -0.1) is 11.3 Å². The van der Waals surface area contributed by atoms with E-state index in [2.05, 4.69) is 9.97 Å². The second kappa shape index (κ2) is 6.48. The number of esters is 1. The first-order valence-corrected chi connectivity index (χ1v) is 8.94. The fourth-order valence-electron chi connectivity index (χ4n) is 2.78. The summed E-state index contributed by atoms with van der Waals surface area (Å²) >= 11 is 1.41. The number of fused-ring (bicyclic) bond motifs is 2. The van der Waals surface area contributed by atoms with Gasteiger partial charge < -0.3 is 14.1 Å². The first kappa shape index (κ1) is 17.2. The molecule has 3 aromatic heterocycles. The molecule has 0 unspecified atom stereocenters. The van der Waals surface area contributed by atoms with Crippen molar-refractivity contribution in [2.75, 3.05) is 0 Å². The van der Waals surface area contributed by atoms with E-state index in [1.807, 2.05) is 13.8 Å². The minimum absolute atomic E-state index is 0.204. The number of benzene rings is 1. The van der Waals surface area contributed by atoms with Crippen molar-refractivity contribution in [2.45, 2.75) is 20.5 Å². The van der Waals surface area contributed by atoms with Gasteiger partial charge in [-0.25, -0.2) is 9.78 Å². The number of para-hydroxylation sites is 1. The van der Waals surface area contributed by atoms with E-state index < -0.39 is 5.97 Å². The van der Waals surface area contributed by atoms with Crippen LogP contribution in [0, 0.1) is 13.8 Å². The molecule has 0 saturated heterocycles. The number of ether oxygens (including phenoxy) is 1. The highest BCUT2D eigenvalue weighted by molar-refractivity contribution is 7.18. The summed E-state index contributed by atoms with van der Waals surface area (Å²) in [4.78, 5) is 45.1. The number of nitrogens with zero attached hydrogens (tertiary/aromatic N) is 1. The van der Waals surface area contributed by atoms with E-state index in [4.69, 9.17) is 9.15 Å². The summed E-state index contributed by atoms with van der Waals surface area (Å²) in [5, 5.41) is 0.932. The first-order chi connectivity index (χ1) is 12.9. The Bertz CT molecular complexity index is 1320. The van der Waals surface area contributed by atoms with Crippen LogP contribution >= 0.6 is 11.3 Å². The molecule has 3 heterocycles. The second-order valence-corrected chi connectivity index (χ2v) is 7.23. The summed E-state index contributed by atoms with van der Waals surface area (Å²) in [7, 11) is 0. The predicted molar refractivity (Wildman–Crippen MR) is 101 cm³/mol. The number of hydrogen-bond donors (Lipinski definition) is 1. The summed E-state index contributed by atoms with van der Waals surface area (Å²) in [6.07, 6.45) is 0. The van der Waals surface area contributed by atoms with Crippen LogP contribution in [0.5, 0.6) is 0 Å². The number of rotatable bonds is 3. The number of aromatic amines is 1. The van der Waals surface area contributed by atoms with Crippen molar-refractivity contribution >= 4 is 38.5 Å². The maximum Gasteiger partial charge on any atom is 0.374 e. The van der Waals surface area contributed by atoms with Gasteiger partial charge in [-0.1, -0.05) is 12.1 Å². The smallest absolute Gasteiger partial charge is 0.374 e. The maximum absolute atomic E-state index is 12.3. The van der Waals surface area contributed by atoms with E-state index in [0.29, 0.717) is 21.2 Å². The molecule has 0 aliphatic rings. The third-order valence-electron chi connectivity index (χ3n) is 4.26. The zero-order chi connectivity index (χ0) is 19.1. The number of aromatic nitrogens is 2. The monoisotopic (exact) mass is 382 g/mol. The maximum atomic E-state index is 12.3. The van der Waals surface area contributed by atoms with Crippen LogP contribution in [-0.2, 0) is 11.3 Å². The van der Waals surface area contributed by atoms with Gasteiger partial charge in [-0.3, -0.25) is 9.59 Å². The molecule has 4 aromatic rings. The molecular formula is C19H14N2O5S. The zero-order valence-corrected chi connectivity index (χ0v) is 15.3. The van der Waals surface area contributed by atoms with Gasteiger partial charge in [0.1, 0.15) is 22.8 Å². The topological polar surface area (TPSA) is 102 Å². The number of carbonyl (C=O) groups is 1. The molecule has 1 N–H and O–H groups in total. The van der Waals surface area contributed by atoms with Crippen molar-refractivity contribution in [2.24, 2.45) is 0 Å². The molecule has 0 aliphatic carbocycles. The molecule has 0 amide bonds. The normalized spacial score (nSPS) is 11.2. The summed E-state index contributed by atoms with van der Waals surface area (Å²) in [5.74, 6) is -0.783. The van der Waals surface area contributed by atoms with Gasteiger partial charge >= 0.3 is 5.97 Å². The van der Waals surface area contributed by atoms with Gasteiger partial charge in [0.05, 0.1) is 10.8 Å². The second-order valence-electron chi connectivity index (χ2n) is 6.02. The Morgan fingerprint density at radius 2 is 2.04 bits per heavy atom. The van der Waals surface area contributed by atoms with Crippen LogP contribution in [0.25, 0.3) is 21.2 Å². The average Bonchev–Trinajstić information content (AvgIpc) is 2.94. The lowest BCUT2D eigenvalue weighted by Crippen LogP contribution is -2.15. The number of H-pyrrole nitrogens is 1. The van der Waals surface area contributed by atoms with Gasteiger partial charge in [0, 0.05) is 10.9 Å². The molecule has 0 spiro atoms. The highest BCUT2D eigenvalue weighted by Gasteiger charge is 2.16. The molecule has 7 nitrogen and oxygen atoms in total. The van der Waals surface area contributed by atoms with E-state index in [1.54, 1.807) is 24.3 Å². The van der Waals surface area contributed by atoms with Crippen molar-refractivity contribution in [1.82, 2.24) is 9.97 Å². The van der Waals surface area contributed by atoms with Gasteiger partial charge in [-0.2, -0.15) is 0 Å². The minimum atomic E-state index is -0.806. The Hall–Kier alpha value is -3.26.